The quantitative estimate of drug-likeness (QED) is 0.516. The van der Waals surface area contributed by atoms with E-state index < -0.39 is 6.04 Å². The summed E-state index contributed by atoms with van der Waals surface area (Å²) in [6.45, 7) is 4.27. The van der Waals surface area contributed by atoms with Gasteiger partial charge in [0.15, 0.2) is 0 Å². The highest BCUT2D eigenvalue weighted by molar-refractivity contribution is 7.99. The van der Waals surface area contributed by atoms with Crippen molar-refractivity contribution in [1.29, 1.82) is 0 Å². The van der Waals surface area contributed by atoms with Crippen LogP contribution in [-0.4, -0.2) is 41.7 Å². The van der Waals surface area contributed by atoms with E-state index in [2.05, 4.69) is 36.5 Å². The number of methoxy groups -OCH3 is 1. The minimum absolute atomic E-state index is 0.0125. The first-order valence-corrected chi connectivity index (χ1v) is 12.4. The fourth-order valence-electron chi connectivity index (χ4n) is 3.98. The Morgan fingerprint density at radius 2 is 1.88 bits per heavy atom. The molecule has 0 unspecified atom stereocenters. The second-order valence-electron chi connectivity index (χ2n) is 8.45. The SMILES string of the molecule is COc1cccc(CN(C(=O)CCSc2ccc(C)cc2)[C@@H](C)C(=O)NC2CCCC2)c1. The van der Waals surface area contributed by atoms with Crippen LogP contribution >= 0.6 is 11.8 Å². The van der Waals surface area contributed by atoms with Crippen molar-refractivity contribution in [3.05, 3.63) is 59.7 Å². The molecule has 2 aromatic carbocycles. The summed E-state index contributed by atoms with van der Waals surface area (Å²) >= 11 is 1.67. The van der Waals surface area contributed by atoms with E-state index in [0.717, 1.165) is 41.9 Å². The van der Waals surface area contributed by atoms with E-state index in [1.807, 2.05) is 31.2 Å². The topological polar surface area (TPSA) is 58.6 Å². The average Bonchev–Trinajstić information content (AvgIpc) is 3.31. The molecular weight excluding hydrogens is 420 g/mol. The van der Waals surface area contributed by atoms with Crippen LogP contribution in [0.5, 0.6) is 5.75 Å². The van der Waals surface area contributed by atoms with E-state index in [-0.39, 0.29) is 17.9 Å². The first-order chi connectivity index (χ1) is 15.5. The number of nitrogens with one attached hydrogen (secondary N) is 1. The van der Waals surface area contributed by atoms with Crippen LogP contribution in [0.4, 0.5) is 0 Å². The van der Waals surface area contributed by atoms with Gasteiger partial charge in [-0.3, -0.25) is 9.59 Å². The molecule has 0 saturated heterocycles. The van der Waals surface area contributed by atoms with Crippen molar-refractivity contribution in [1.82, 2.24) is 10.2 Å². The molecule has 0 aromatic heterocycles. The lowest BCUT2D eigenvalue weighted by atomic mass is 10.1. The van der Waals surface area contributed by atoms with Gasteiger partial charge in [0, 0.05) is 29.7 Å². The Morgan fingerprint density at radius 3 is 2.56 bits per heavy atom. The number of hydrogen-bond acceptors (Lipinski definition) is 4. The van der Waals surface area contributed by atoms with Crippen molar-refractivity contribution >= 4 is 23.6 Å². The van der Waals surface area contributed by atoms with Gasteiger partial charge in [-0.15, -0.1) is 11.8 Å². The summed E-state index contributed by atoms with van der Waals surface area (Å²) in [4.78, 5) is 29.0. The Morgan fingerprint density at radius 1 is 1.16 bits per heavy atom. The van der Waals surface area contributed by atoms with Crippen molar-refractivity contribution in [2.45, 2.75) is 69.5 Å². The van der Waals surface area contributed by atoms with E-state index in [9.17, 15) is 9.59 Å². The fraction of sp³-hybridized carbons (Fsp3) is 0.462. The maximum absolute atomic E-state index is 13.2. The number of rotatable bonds is 10. The molecule has 0 aliphatic heterocycles. The van der Waals surface area contributed by atoms with Crippen LogP contribution in [0.25, 0.3) is 0 Å². The molecule has 0 heterocycles. The van der Waals surface area contributed by atoms with E-state index in [1.54, 1.807) is 23.8 Å². The minimum atomic E-state index is -0.529. The van der Waals surface area contributed by atoms with Crippen LogP contribution in [0.15, 0.2) is 53.4 Å². The molecule has 2 amide bonds. The van der Waals surface area contributed by atoms with Crippen LogP contribution in [0.1, 0.15) is 50.2 Å². The number of amides is 2. The summed E-state index contributed by atoms with van der Waals surface area (Å²) in [6, 6.07) is 15.7. The lowest BCUT2D eigenvalue weighted by molar-refractivity contribution is -0.140. The van der Waals surface area contributed by atoms with E-state index in [4.69, 9.17) is 4.74 Å². The molecule has 0 radical (unpaired) electrons. The Kier molecular flexibility index (Phi) is 9.03. The second kappa shape index (κ2) is 12.0. The third kappa shape index (κ3) is 7.02. The van der Waals surface area contributed by atoms with Gasteiger partial charge in [-0.1, -0.05) is 42.7 Å². The summed E-state index contributed by atoms with van der Waals surface area (Å²) in [5, 5.41) is 3.15. The highest BCUT2D eigenvalue weighted by Crippen LogP contribution is 2.22. The molecule has 172 valence electrons. The molecule has 1 saturated carbocycles. The van der Waals surface area contributed by atoms with E-state index in [0.29, 0.717) is 18.7 Å². The van der Waals surface area contributed by atoms with Crippen molar-refractivity contribution < 1.29 is 14.3 Å². The predicted molar refractivity (Wildman–Crippen MR) is 130 cm³/mol. The van der Waals surface area contributed by atoms with Gasteiger partial charge in [-0.25, -0.2) is 0 Å². The van der Waals surface area contributed by atoms with Crippen LogP contribution in [0.3, 0.4) is 0 Å². The zero-order valence-electron chi connectivity index (χ0n) is 19.3. The average molecular weight is 455 g/mol. The van der Waals surface area contributed by atoms with Crippen LogP contribution in [-0.2, 0) is 16.1 Å². The van der Waals surface area contributed by atoms with Gasteiger partial charge in [-0.05, 0) is 56.5 Å². The van der Waals surface area contributed by atoms with Gasteiger partial charge in [-0.2, -0.15) is 0 Å². The number of ether oxygens (including phenoxy) is 1. The number of benzene rings is 2. The molecule has 1 fully saturated rings. The number of carbonyl (C=O) groups is 2. The zero-order chi connectivity index (χ0) is 22.9. The Bertz CT molecular complexity index is 894. The van der Waals surface area contributed by atoms with Gasteiger partial charge < -0.3 is 15.0 Å². The molecule has 5 nitrogen and oxygen atoms in total. The van der Waals surface area contributed by atoms with Crippen molar-refractivity contribution in [2.24, 2.45) is 0 Å². The first kappa shape index (κ1) is 24.2. The van der Waals surface area contributed by atoms with Gasteiger partial charge >= 0.3 is 0 Å². The van der Waals surface area contributed by atoms with E-state index in [1.165, 1.54) is 5.56 Å². The van der Waals surface area contributed by atoms with Crippen LogP contribution < -0.4 is 10.1 Å². The molecule has 1 aliphatic carbocycles. The molecule has 1 aliphatic rings. The second-order valence-corrected chi connectivity index (χ2v) is 9.62. The minimum Gasteiger partial charge on any atom is -0.497 e. The molecular formula is C26H34N2O3S. The van der Waals surface area contributed by atoms with Gasteiger partial charge in [0.05, 0.1) is 7.11 Å². The third-order valence-electron chi connectivity index (χ3n) is 5.96. The van der Waals surface area contributed by atoms with Crippen molar-refractivity contribution in [3.63, 3.8) is 0 Å². The number of thioether (sulfide) groups is 1. The highest BCUT2D eigenvalue weighted by atomic mass is 32.2. The fourth-order valence-corrected chi connectivity index (χ4v) is 4.82. The number of hydrogen-bond donors (Lipinski definition) is 1. The normalized spacial score (nSPS) is 14.7. The maximum atomic E-state index is 13.2. The lowest BCUT2D eigenvalue weighted by Crippen LogP contribution is -2.49. The maximum Gasteiger partial charge on any atom is 0.242 e. The smallest absolute Gasteiger partial charge is 0.242 e. The number of carbonyl (C=O) groups excluding carboxylic acids is 2. The molecule has 0 spiro atoms. The molecule has 32 heavy (non-hydrogen) atoms. The monoisotopic (exact) mass is 454 g/mol. The summed E-state index contributed by atoms with van der Waals surface area (Å²) in [6.07, 6.45) is 4.73. The molecule has 1 N–H and O–H groups in total. The summed E-state index contributed by atoms with van der Waals surface area (Å²) < 4.78 is 5.33. The van der Waals surface area contributed by atoms with Crippen LogP contribution in [0, 0.1) is 6.92 Å². The lowest BCUT2D eigenvalue weighted by Gasteiger charge is -2.30. The Balaban J connectivity index is 1.66. The largest absolute Gasteiger partial charge is 0.497 e. The predicted octanol–water partition coefficient (Wildman–Crippen LogP) is 4.96. The third-order valence-corrected chi connectivity index (χ3v) is 6.98. The molecule has 2 aromatic rings. The molecule has 6 heteroatoms. The molecule has 3 rings (SSSR count). The molecule has 0 bridgehead atoms. The number of aryl methyl sites for hydroxylation is 1. The number of nitrogens with zero attached hydrogens (tertiary/aromatic N) is 1. The van der Waals surface area contributed by atoms with Crippen LogP contribution in [0.2, 0.25) is 0 Å². The Labute approximate surface area is 195 Å². The zero-order valence-corrected chi connectivity index (χ0v) is 20.1. The van der Waals surface area contributed by atoms with Gasteiger partial charge in [0.1, 0.15) is 11.8 Å². The van der Waals surface area contributed by atoms with Crippen molar-refractivity contribution in [2.75, 3.05) is 12.9 Å². The first-order valence-electron chi connectivity index (χ1n) is 11.4. The summed E-state index contributed by atoms with van der Waals surface area (Å²) in [5.41, 5.74) is 2.17. The Hall–Kier alpha value is -2.47. The van der Waals surface area contributed by atoms with E-state index >= 15 is 0 Å². The van der Waals surface area contributed by atoms with Gasteiger partial charge in [0.25, 0.3) is 0 Å². The van der Waals surface area contributed by atoms with Crippen molar-refractivity contribution in [3.8, 4) is 5.75 Å². The summed E-state index contributed by atoms with van der Waals surface area (Å²) in [5.74, 6) is 1.33. The molecule has 1 atom stereocenters. The van der Waals surface area contributed by atoms with Gasteiger partial charge in [0.2, 0.25) is 11.8 Å². The highest BCUT2D eigenvalue weighted by Gasteiger charge is 2.28. The standard InChI is InChI=1S/C26H34N2O3S/c1-19-11-13-24(14-12-19)32-16-15-25(29)28(18-21-7-6-10-23(17-21)31-3)20(2)26(30)27-22-8-4-5-9-22/h6-7,10-14,17,20,22H,4-5,8-9,15-16,18H2,1-3H3,(H,27,30)/t20-/m0/s1. The summed E-state index contributed by atoms with van der Waals surface area (Å²) in [7, 11) is 1.63.